The molecule has 1 saturated carbocycles. The zero-order valence-electron chi connectivity index (χ0n) is 12.2. The summed E-state index contributed by atoms with van der Waals surface area (Å²) >= 11 is 0. The Labute approximate surface area is 128 Å². The van der Waals surface area contributed by atoms with Gasteiger partial charge >= 0.3 is 5.69 Å². The number of hydrogen-bond donors (Lipinski definition) is 1. The van der Waals surface area contributed by atoms with Gasteiger partial charge in [0.2, 0.25) is 0 Å². The second-order valence-corrected chi connectivity index (χ2v) is 6.33. The quantitative estimate of drug-likeness (QED) is 0.679. The predicted molar refractivity (Wildman–Crippen MR) is 84.8 cm³/mol. The van der Waals surface area contributed by atoms with E-state index in [1.807, 2.05) is 12.1 Å². The summed E-state index contributed by atoms with van der Waals surface area (Å²) in [4.78, 5) is 17.7. The number of rotatable bonds is 2. The summed E-state index contributed by atoms with van der Waals surface area (Å²) in [6, 6.07) is 7.45. The smallest absolute Gasteiger partial charge is 0.301 e. The molecule has 4 rings (SSSR count). The number of nitro benzene ring substituents is 1. The summed E-state index contributed by atoms with van der Waals surface area (Å²) in [6.07, 6.45) is 3.86. The van der Waals surface area contributed by atoms with E-state index in [0.29, 0.717) is 28.4 Å². The van der Waals surface area contributed by atoms with Gasteiger partial charge in [0.05, 0.1) is 15.8 Å². The van der Waals surface area contributed by atoms with Crippen LogP contribution in [-0.4, -0.2) is 29.0 Å². The third-order valence-electron chi connectivity index (χ3n) is 5.17. The lowest BCUT2D eigenvalue weighted by Crippen LogP contribution is -2.30. The summed E-state index contributed by atoms with van der Waals surface area (Å²) in [7, 11) is 0. The molecule has 2 N–H and O–H groups in total. The Morgan fingerprint density at radius 3 is 2.91 bits per heavy atom. The lowest BCUT2D eigenvalue weighted by molar-refractivity contribution is -0.382. The van der Waals surface area contributed by atoms with E-state index < -0.39 is 0 Å². The van der Waals surface area contributed by atoms with Gasteiger partial charge in [-0.15, -0.1) is 0 Å². The highest BCUT2D eigenvalue weighted by atomic mass is 16.6. The number of hydrogen-bond acceptors (Lipinski definition) is 5. The monoisotopic (exact) mass is 298 g/mol. The first-order valence-corrected chi connectivity index (χ1v) is 7.68. The van der Waals surface area contributed by atoms with E-state index in [-0.39, 0.29) is 16.7 Å². The average Bonchev–Trinajstić information content (AvgIpc) is 3.08. The van der Waals surface area contributed by atoms with Gasteiger partial charge in [-0.05, 0) is 48.9 Å². The molecular weight excluding hydrogens is 280 g/mol. The van der Waals surface area contributed by atoms with Crippen molar-refractivity contribution >= 4 is 22.3 Å². The summed E-state index contributed by atoms with van der Waals surface area (Å²) in [5.41, 5.74) is 7.71. The third kappa shape index (κ3) is 1.94. The van der Waals surface area contributed by atoms with Crippen LogP contribution in [0.25, 0.3) is 10.9 Å². The molecule has 3 atom stereocenters. The molecule has 6 nitrogen and oxygen atoms in total. The highest BCUT2D eigenvalue weighted by molar-refractivity contribution is 5.94. The minimum atomic E-state index is -0.284. The first-order valence-electron chi connectivity index (χ1n) is 7.68. The number of fused-ring (bicyclic) bond motifs is 2. The molecule has 114 valence electrons. The number of pyridine rings is 1. The first-order chi connectivity index (χ1) is 10.6. The summed E-state index contributed by atoms with van der Waals surface area (Å²) in [5, 5.41) is 12.2. The minimum Gasteiger partial charge on any atom is -0.365 e. The molecule has 3 unspecified atom stereocenters. The summed E-state index contributed by atoms with van der Waals surface area (Å²) in [6.45, 7) is 1.68. The third-order valence-corrected chi connectivity index (χ3v) is 5.17. The molecule has 2 aromatic rings. The molecule has 0 radical (unpaired) electrons. The number of aromatic nitrogens is 1. The molecule has 1 aliphatic carbocycles. The van der Waals surface area contributed by atoms with Gasteiger partial charge in [0.25, 0.3) is 0 Å². The first kappa shape index (κ1) is 13.5. The molecule has 2 fully saturated rings. The van der Waals surface area contributed by atoms with E-state index in [1.54, 1.807) is 18.3 Å². The Balaban J connectivity index is 1.79. The van der Waals surface area contributed by atoms with Crippen LogP contribution >= 0.6 is 0 Å². The van der Waals surface area contributed by atoms with Gasteiger partial charge in [-0.1, -0.05) is 0 Å². The molecule has 1 aromatic carbocycles. The number of anilines is 1. The molecule has 0 spiro atoms. The van der Waals surface area contributed by atoms with E-state index in [2.05, 4.69) is 9.88 Å². The fourth-order valence-electron chi connectivity index (χ4n) is 4.08. The number of nitrogens with zero attached hydrogens (tertiary/aromatic N) is 3. The molecule has 1 aliphatic heterocycles. The number of nitrogens with two attached hydrogens (primary N) is 1. The normalized spacial score (nSPS) is 27.3. The number of benzene rings is 1. The van der Waals surface area contributed by atoms with Gasteiger partial charge in [0.1, 0.15) is 5.69 Å². The van der Waals surface area contributed by atoms with Gasteiger partial charge in [-0.25, -0.2) is 0 Å². The molecular formula is C16H18N4O2. The van der Waals surface area contributed by atoms with Crippen molar-refractivity contribution in [2.24, 2.45) is 17.6 Å². The van der Waals surface area contributed by atoms with Crippen LogP contribution in [0.1, 0.15) is 12.8 Å². The summed E-state index contributed by atoms with van der Waals surface area (Å²) in [5.74, 6) is 1.03. The van der Waals surface area contributed by atoms with Crippen LogP contribution in [0.2, 0.25) is 0 Å². The lowest BCUT2D eigenvalue weighted by atomic mass is 9.98. The maximum absolute atomic E-state index is 11.6. The van der Waals surface area contributed by atoms with E-state index in [0.717, 1.165) is 25.9 Å². The molecule has 1 aromatic heterocycles. The highest BCUT2D eigenvalue weighted by Crippen LogP contribution is 2.43. The van der Waals surface area contributed by atoms with Crippen molar-refractivity contribution in [3.63, 3.8) is 0 Å². The van der Waals surface area contributed by atoms with Gasteiger partial charge in [0, 0.05) is 25.3 Å². The molecule has 0 amide bonds. The Hall–Kier alpha value is -2.21. The van der Waals surface area contributed by atoms with Gasteiger partial charge in [-0.3, -0.25) is 15.1 Å². The second kappa shape index (κ2) is 4.91. The average molecular weight is 298 g/mol. The van der Waals surface area contributed by atoms with Crippen molar-refractivity contribution in [1.82, 2.24) is 4.98 Å². The van der Waals surface area contributed by atoms with Crippen molar-refractivity contribution in [2.45, 2.75) is 18.9 Å². The van der Waals surface area contributed by atoms with Crippen LogP contribution < -0.4 is 10.6 Å². The fourth-order valence-corrected chi connectivity index (χ4v) is 4.08. The van der Waals surface area contributed by atoms with Crippen molar-refractivity contribution in [1.29, 1.82) is 0 Å². The Bertz CT molecular complexity index is 748. The van der Waals surface area contributed by atoms with Crippen LogP contribution in [0.4, 0.5) is 11.4 Å². The van der Waals surface area contributed by atoms with Crippen LogP contribution in [0, 0.1) is 22.0 Å². The maximum atomic E-state index is 11.6. The lowest BCUT2D eigenvalue weighted by Gasteiger charge is -2.21. The Morgan fingerprint density at radius 1 is 1.27 bits per heavy atom. The molecule has 22 heavy (non-hydrogen) atoms. The van der Waals surface area contributed by atoms with E-state index in [1.165, 1.54) is 0 Å². The maximum Gasteiger partial charge on any atom is 0.301 e. The predicted octanol–water partition coefficient (Wildman–Crippen LogP) is 2.32. The second-order valence-electron chi connectivity index (χ2n) is 6.33. The molecule has 2 aliphatic rings. The van der Waals surface area contributed by atoms with Crippen molar-refractivity contribution < 1.29 is 4.92 Å². The van der Waals surface area contributed by atoms with Gasteiger partial charge < -0.3 is 10.6 Å². The molecule has 1 saturated heterocycles. The van der Waals surface area contributed by atoms with E-state index in [9.17, 15) is 10.1 Å². The highest BCUT2D eigenvalue weighted by Gasteiger charge is 2.42. The van der Waals surface area contributed by atoms with Gasteiger partial charge in [-0.2, -0.15) is 0 Å². The van der Waals surface area contributed by atoms with E-state index in [4.69, 9.17) is 5.73 Å². The topological polar surface area (TPSA) is 85.3 Å². The zero-order valence-corrected chi connectivity index (χ0v) is 12.2. The fraction of sp³-hybridized carbons (Fsp3) is 0.438. The van der Waals surface area contributed by atoms with Crippen LogP contribution in [0.5, 0.6) is 0 Å². The molecule has 0 bridgehead atoms. The van der Waals surface area contributed by atoms with Crippen LogP contribution in [-0.2, 0) is 0 Å². The number of nitro groups is 1. The standard InChI is InChI=1S/C16H18N4O2/c17-13-4-3-10-8-19(9-12(10)13)15-6-5-14-11(2-1-7-18-14)16(15)20(21)22/h1-2,5-7,10,12-13H,3-4,8-9,17H2. The van der Waals surface area contributed by atoms with Crippen LogP contribution in [0.3, 0.4) is 0 Å². The zero-order chi connectivity index (χ0) is 15.3. The Morgan fingerprint density at radius 2 is 2.14 bits per heavy atom. The SMILES string of the molecule is NC1CCC2CN(c3ccc4ncccc4c3[N+](=O)[O-])CC12. The molecule has 2 heterocycles. The van der Waals surface area contributed by atoms with Crippen molar-refractivity contribution in [3.05, 3.63) is 40.6 Å². The van der Waals surface area contributed by atoms with Crippen molar-refractivity contribution in [2.75, 3.05) is 18.0 Å². The van der Waals surface area contributed by atoms with Crippen molar-refractivity contribution in [3.8, 4) is 0 Å². The van der Waals surface area contributed by atoms with Crippen LogP contribution in [0.15, 0.2) is 30.5 Å². The summed E-state index contributed by atoms with van der Waals surface area (Å²) < 4.78 is 0. The van der Waals surface area contributed by atoms with E-state index >= 15 is 0 Å². The Kier molecular flexibility index (Phi) is 3.00. The van der Waals surface area contributed by atoms with Gasteiger partial charge in [0.15, 0.2) is 0 Å². The largest absolute Gasteiger partial charge is 0.365 e. The molecule has 6 heteroatoms. The minimum absolute atomic E-state index is 0.166.